The second-order valence-corrected chi connectivity index (χ2v) is 40.2. The van der Waals surface area contributed by atoms with E-state index < -0.39 is 37.8 Å². The van der Waals surface area contributed by atoms with Gasteiger partial charge in [-0.05, 0) is 0 Å². The molecule has 0 aromatic heterocycles. The number of hydrogen-bond donors (Lipinski definition) is 0. The molecule has 0 atom stereocenters. The molecule has 0 unspecified atom stereocenters. The summed E-state index contributed by atoms with van der Waals surface area (Å²) in [5.41, 5.74) is 0. The van der Waals surface area contributed by atoms with E-state index in [9.17, 15) is 0 Å². The van der Waals surface area contributed by atoms with Gasteiger partial charge in [0, 0.05) is 0 Å². The zero-order valence-electron chi connectivity index (χ0n) is 36.9. The summed E-state index contributed by atoms with van der Waals surface area (Å²) in [7, 11) is 7.86. The maximum atomic E-state index is 7.86. The quantitative estimate of drug-likeness (QED) is 0.0436. The Morgan fingerprint density at radius 3 is 0.712 bits per heavy atom. The number of hydrogen-bond acceptors (Lipinski definition) is 1. The minimum atomic E-state index is -3.04. The second-order valence-electron chi connectivity index (χ2n) is 17.3. The third kappa shape index (κ3) is 41.5. The Hall–Kier alpha value is 1.85. The van der Waals surface area contributed by atoms with Crippen molar-refractivity contribution in [3.63, 3.8) is 0 Å². The average molecular weight is 966 g/mol. The van der Waals surface area contributed by atoms with Gasteiger partial charge in [0.2, 0.25) is 0 Å². The van der Waals surface area contributed by atoms with E-state index >= 15 is 0 Å². The first kappa shape index (κ1) is 53.8. The Labute approximate surface area is 347 Å². The van der Waals surface area contributed by atoms with Gasteiger partial charge in [-0.15, -0.1) is 0 Å². The number of halogens is 1. The SMILES string of the molecule is CCCCCCCCCCC[CH2][Sn]([CH2]CCCCCCCCCCC)[O][Sn]([Cl])([CH2]CCCCCCCCCCC)[CH2]CCCCCCCCCCC. The topological polar surface area (TPSA) is 9.23 Å². The molecule has 0 N–H and O–H groups in total. The van der Waals surface area contributed by atoms with Crippen molar-refractivity contribution in [2.75, 3.05) is 0 Å². The summed E-state index contributed by atoms with van der Waals surface area (Å²) in [5.74, 6) is 0. The molecule has 0 fully saturated rings. The molecular formula is C48H100ClOSn2. The van der Waals surface area contributed by atoms with Crippen molar-refractivity contribution in [3.05, 3.63) is 0 Å². The van der Waals surface area contributed by atoms with E-state index in [1.807, 2.05) is 0 Å². The van der Waals surface area contributed by atoms with Crippen molar-refractivity contribution < 1.29 is 1.41 Å². The van der Waals surface area contributed by atoms with E-state index in [0.717, 1.165) is 0 Å². The Bertz CT molecular complexity index is 598. The Morgan fingerprint density at radius 1 is 0.288 bits per heavy atom. The predicted octanol–water partition coefficient (Wildman–Crippen LogP) is 19.4. The first-order valence-electron chi connectivity index (χ1n) is 24.8. The van der Waals surface area contributed by atoms with Gasteiger partial charge in [-0.25, -0.2) is 0 Å². The van der Waals surface area contributed by atoms with Crippen molar-refractivity contribution in [2.45, 2.75) is 302 Å². The van der Waals surface area contributed by atoms with Crippen molar-refractivity contribution in [3.8, 4) is 0 Å². The third-order valence-corrected chi connectivity index (χ3v) is 43.6. The molecule has 0 aliphatic rings. The van der Waals surface area contributed by atoms with E-state index in [1.165, 1.54) is 275 Å². The van der Waals surface area contributed by atoms with Crippen LogP contribution in [0.1, 0.15) is 285 Å². The van der Waals surface area contributed by atoms with Crippen LogP contribution < -0.4 is 0 Å². The van der Waals surface area contributed by atoms with Gasteiger partial charge in [-0.3, -0.25) is 0 Å². The monoisotopic (exact) mass is 968 g/mol. The molecule has 4 heteroatoms. The van der Waals surface area contributed by atoms with Gasteiger partial charge in [-0.1, -0.05) is 0 Å². The molecule has 313 valence electrons. The van der Waals surface area contributed by atoms with Gasteiger partial charge in [-0.2, -0.15) is 0 Å². The van der Waals surface area contributed by atoms with E-state index in [0.29, 0.717) is 0 Å². The van der Waals surface area contributed by atoms with Crippen LogP contribution in [0.25, 0.3) is 0 Å². The summed E-state index contributed by atoms with van der Waals surface area (Å²) < 4.78 is 13.1. The van der Waals surface area contributed by atoms with Gasteiger partial charge in [0.1, 0.15) is 0 Å². The van der Waals surface area contributed by atoms with E-state index in [4.69, 9.17) is 10.3 Å². The van der Waals surface area contributed by atoms with Crippen LogP contribution in [0.3, 0.4) is 0 Å². The molecule has 0 saturated carbocycles. The van der Waals surface area contributed by atoms with E-state index in [2.05, 4.69) is 27.7 Å². The van der Waals surface area contributed by atoms with Crippen LogP contribution in [0.5, 0.6) is 0 Å². The molecule has 0 amide bonds. The molecule has 0 saturated heterocycles. The molecule has 52 heavy (non-hydrogen) atoms. The molecule has 0 heterocycles. The van der Waals surface area contributed by atoms with Gasteiger partial charge < -0.3 is 0 Å². The Morgan fingerprint density at radius 2 is 0.481 bits per heavy atom. The van der Waals surface area contributed by atoms with Crippen molar-refractivity contribution in [1.29, 1.82) is 0 Å². The zero-order valence-corrected chi connectivity index (χ0v) is 43.4. The van der Waals surface area contributed by atoms with Gasteiger partial charge in [0.05, 0.1) is 0 Å². The van der Waals surface area contributed by atoms with Crippen LogP contribution >= 0.6 is 8.92 Å². The molecular weight excluding hydrogens is 865 g/mol. The fourth-order valence-corrected chi connectivity index (χ4v) is 44.7. The van der Waals surface area contributed by atoms with Gasteiger partial charge in [0.15, 0.2) is 0 Å². The fourth-order valence-electron chi connectivity index (χ4n) is 8.08. The molecule has 0 bridgehead atoms. The summed E-state index contributed by atoms with van der Waals surface area (Å²) >= 11 is -4.95. The molecule has 1 nitrogen and oxygen atoms in total. The first-order valence-corrected chi connectivity index (χ1v) is 38.9. The van der Waals surface area contributed by atoms with Gasteiger partial charge >= 0.3 is 350 Å². The van der Waals surface area contributed by atoms with E-state index in [-0.39, 0.29) is 0 Å². The van der Waals surface area contributed by atoms with Crippen LogP contribution in [-0.2, 0) is 1.41 Å². The van der Waals surface area contributed by atoms with Crippen LogP contribution in [0.2, 0.25) is 17.7 Å². The van der Waals surface area contributed by atoms with Crippen molar-refractivity contribution in [2.24, 2.45) is 0 Å². The molecule has 0 aliphatic heterocycles. The fraction of sp³-hybridized carbons (Fsp3) is 1.00. The summed E-state index contributed by atoms with van der Waals surface area (Å²) in [6.07, 6.45) is 57.3. The first-order chi connectivity index (χ1) is 25.6. The van der Waals surface area contributed by atoms with Crippen molar-refractivity contribution >= 4 is 46.8 Å². The average Bonchev–Trinajstić information content (AvgIpc) is 3.14. The number of unbranched alkanes of at least 4 members (excludes halogenated alkanes) is 36. The van der Waals surface area contributed by atoms with Crippen LogP contribution in [-0.4, -0.2) is 37.8 Å². The molecule has 0 spiro atoms. The molecule has 0 aliphatic carbocycles. The predicted molar refractivity (Wildman–Crippen MR) is 245 cm³/mol. The van der Waals surface area contributed by atoms with Crippen LogP contribution in [0.4, 0.5) is 0 Å². The van der Waals surface area contributed by atoms with Crippen LogP contribution in [0.15, 0.2) is 0 Å². The summed E-state index contributed by atoms with van der Waals surface area (Å²) in [5, 5.41) is 0. The normalized spacial score (nSPS) is 12.1. The van der Waals surface area contributed by atoms with Gasteiger partial charge in [0.25, 0.3) is 0 Å². The summed E-state index contributed by atoms with van der Waals surface area (Å²) in [6, 6.07) is 0. The molecule has 0 aromatic carbocycles. The Kier molecular flexibility index (Phi) is 47.2. The second kappa shape index (κ2) is 45.5. The standard InChI is InChI=1S/4C12H25.ClH.O.2Sn/c4*1-3-5-7-9-11-12-10-8-6-4-2;;;;/h4*1,3-12H2,2H3;1H;;;/q;;;;;;;+1/p-1. The maximum absolute atomic E-state index is 7.86. The molecule has 0 rings (SSSR count). The number of rotatable bonds is 46. The zero-order chi connectivity index (χ0) is 37.9. The minimum absolute atomic E-state index is 1.31. The summed E-state index contributed by atoms with van der Waals surface area (Å²) in [4.78, 5) is 0. The third-order valence-electron chi connectivity index (χ3n) is 11.8. The van der Waals surface area contributed by atoms with Crippen molar-refractivity contribution in [1.82, 2.24) is 0 Å². The van der Waals surface area contributed by atoms with Crippen LogP contribution in [0, 0.1) is 0 Å². The van der Waals surface area contributed by atoms with E-state index in [1.54, 1.807) is 0 Å². The molecule has 1 radical (unpaired) electrons. The summed E-state index contributed by atoms with van der Waals surface area (Å²) in [6.45, 7) is 9.30. The molecule has 0 aromatic rings. The Balaban J connectivity index is 4.92.